The number of hydrogen-bond donors (Lipinski definition) is 0. The van der Waals surface area contributed by atoms with E-state index >= 15 is 0 Å². The lowest BCUT2D eigenvalue weighted by Crippen LogP contribution is -2.22. The molecule has 0 N–H and O–H groups in total. The summed E-state index contributed by atoms with van der Waals surface area (Å²) >= 11 is 3.72. The number of ether oxygens (including phenoxy) is 2. The quantitative estimate of drug-likeness (QED) is 0.728. The summed E-state index contributed by atoms with van der Waals surface area (Å²) < 4.78 is 26.2. The Labute approximate surface area is 146 Å². The van der Waals surface area contributed by atoms with Gasteiger partial charge < -0.3 is 9.47 Å². The lowest BCUT2D eigenvalue weighted by atomic mass is 9.85. The van der Waals surface area contributed by atoms with Crippen molar-refractivity contribution in [1.82, 2.24) is 0 Å². The van der Waals surface area contributed by atoms with Crippen LogP contribution in [0.1, 0.15) is 30.4 Å². The van der Waals surface area contributed by atoms with Crippen molar-refractivity contribution in [3.8, 4) is 0 Å². The molecule has 0 saturated carbocycles. The minimum atomic E-state index is -0.105. The van der Waals surface area contributed by atoms with Crippen LogP contribution in [-0.4, -0.2) is 25.9 Å². The van der Waals surface area contributed by atoms with Crippen molar-refractivity contribution in [3.05, 3.63) is 45.7 Å². The van der Waals surface area contributed by atoms with E-state index in [1.54, 1.807) is 13.0 Å². The van der Waals surface area contributed by atoms with Gasteiger partial charge in [-0.05, 0) is 60.2 Å². The number of rotatable bonds is 5. The second-order valence-corrected chi connectivity index (χ2v) is 7.61. The maximum atomic E-state index is 13.7. The lowest BCUT2D eigenvalue weighted by Gasteiger charge is -2.27. The summed E-state index contributed by atoms with van der Waals surface area (Å²) in [6.45, 7) is 4.12. The molecule has 1 fully saturated rings. The molecule has 2 aliphatic rings. The maximum Gasteiger partial charge on any atom is 0.126 e. The predicted molar refractivity (Wildman–Crippen MR) is 93.2 cm³/mol. The van der Waals surface area contributed by atoms with Crippen LogP contribution in [0.3, 0.4) is 0 Å². The van der Waals surface area contributed by atoms with Crippen LogP contribution in [0.4, 0.5) is 4.39 Å². The van der Waals surface area contributed by atoms with Crippen LogP contribution in [0.2, 0.25) is 0 Å². The molecule has 0 radical (unpaired) electrons. The van der Waals surface area contributed by atoms with Crippen LogP contribution in [0.15, 0.2) is 28.8 Å². The van der Waals surface area contributed by atoms with Gasteiger partial charge in [-0.1, -0.05) is 34.1 Å². The van der Waals surface area contributed by atoms with Gasteiger partial charge in [-0.2, -0.15) is 0 Å². The Kier molecular flexibility index (Phi) is 5.89. The highest BCUT2D eigenvalue weighted by atomic mass is 79.9. The first-order chi connectivity index (χ1) is 11.1. The van der Waals surface area contributed by atoms with E-state index in [2.05, 4.69) is 22.0 Å². The van der Waals surface area contributed by atoms with Crippen molar-refractivity contribution >= 4 is 15.9 Å². The monoisotopic (exact) mass is 382 g/mol. The highest BCUT2D eigenvalue weighted by molar-refractivity contribution is 9.11. The third-order valence-corrected chi connectivity index (χ3v) is 5.74. The summed E-state index contributed by atoms with van der Waals surface area (Å²) in [5, 5.41) is 0. The summed E-state index contributed by atoms with van der Waals surface area (Å²) in [4.78, 5) is 0. The number of allylic oxidation sites excluding steroid dienone is 1. The van der Waals surface area contributed by atoms with Crippen molar-refractivity contribution < 1.29 is 13.9 Å². The van der Waals surface area contributed by atoms with Crippen molar-refractivity contribution in [3.63, 3.8) is 0 Å². The molecule has 4 heteroatoms. The summed E-state index contributed by atoms with van der Waals surface area (Å²) in [6.07, 6.45) is 6.71. The third-order valence-electron chi connectivity index (χ3n) is 4.83. The van der Waals surface area contributed by atoms with Gasteiger partial charge in [-0.25, -0.2) is 4.39 Å². The van der Waals surface area contributed by atoms with Gasteiger partial charge in [0.2, 0.25) is 0 Å². The minimum absolute atomic E-state index is 0.105. The minimum Gasteiger partial charge on any atom is -0.379 e. The second kappa shape index (κ2) is 7.91. The van der Waals surface area contributed by atoms with Crippen LogP contribution >= 0.6 is 15.9 Å². The van der Waals surface area contributed by atoms with E-state index in [0.29, 0.717) is 17.4 Å². The molecule has 3 atom stereocenters. The smallest absolute Gasteiger partial charge is 0.126 e. The van der Waals surface area contributed by atoms with Gasteiger partial charge in [0.25, 0.3) is 0 Å². The molecule has 1 aromatic rings. The Morgan fingerprint density at radius 3 is 2.87 bits per heavy atom. The van der Waals surface area contributed by atoms with E-state index in [4.69, 9.17) is 9.47 Å². The molecular formula is C19H24BrFO2. The van der Waals surface area contributed by atoms with E-state index in [1.807, 2.05) is 12.1 Å². The molecule has 0 amide bonds. The molecule has 0 spiro atoms. The van der Waals surface area contributed by atoms with Crippen LogP contribution in [0, 0.1) is 24.6 Å². The molecule has 23 heavy (non-hydrogen) atoms. The van der Waals surface area contributed by atoms with Crippen molar-refractivity contribution in [1.29, 1.82) is 0 Å². The Balaban J connectivity index is 1.53. The second-order valence-electron chi connectivity index (χ2n) is 6.69. The molecule has 1 heterocycles. The first-order valence-electron chi connectivity index (χ1n) is 8.43. The normalized spacial score (nSPS) is 28.0. The first-order valence-corrected chi connectivity index (χ1v) is 9.22. The fourth-order valence-corrected chi connectivity index (χ4v) is 4.02. The zero-order valence-corrected chi connectivity index (χ0v) is 15.1. The van der Waals surface area contributed by atoms with E-state index in [0.717, 1.165) is 51.1 Å². The van der Waals surface area contributed by atoms with Crippen LogP contribution in [0.5, 0.6) is 0 Å². The van der Waals surface area contributed by atoms with Gasteiger partial charge in [0.15, 0.2) is 0 Å². The van der Waals surface area contributed by atoms with Gasteiger partial charge >= 0.3 is 0 Å². The highest BCUT2D eigenvalue weighted by Gasteiger charge is 2.24. The predicted octanol–water partition coefficient (Wildman–Crippen LogP) is 4.79. The topological polar surface area (TPSA) is 18.5 Å². The number of hydrogen-bond acceptors (Lipinski definition) is 2. The van der Waals surface area contributed by atoms with E-state index < -0.39 is 0 Å². The fraction of sp³-hybridized carbons (Fsp3) is 0.579. The fourth-order valence-electron chi connectivity index (χ4n) is 3.28. The van der Waals surface area contributed by atoms with E-state index in [9.17, 15) is 4.39 Å². The summed E-state index contributed by atoms with van der Waals surface area (Å²) in [7, 11) is 0. The zero-order chi connectivity index (χ0) is 16.2. The molecular weight excluding hydrogens is 359 g/mol. The molecule has 1 saturated heterocycles. The van der Waals surface area contributed by atoms with Gasteiger partial charge in [-0.3, -0.25) is 0 Å². The zero-order valence-electron chi connectivity index (χ0n) is 13.6. The average Bonchev–Trinajstić information content (AvgIpc) is 3.04. The summed E-state index contributed by atoms with van der Waals surface area (Å²) in [5.74, 6) is 0.811. The van der Waals surface area contributed by atoms with Crippen molar-refractivity contribution in [2.75, 3.05) is 19.8 Å². The van der Waals surface area contributed by atoms with E-state index in [1.165, 1.54) is 4.48 Å². The Morgan fingerprint density at radius 1 is 1.30 bits per heavy atom. The Hall–Kier alpha value is -0.710. The van der Waals surface area contributed by atoms with Gasteiger partial charge in [0.1, 0.15) is 5.82 Å². The van der Waals surface area contributed by atoms with Crippen LogP contribution < -0.4 is 0 Å². The molecule has 1 aliphatic heterocycles. The molecule has 2 nitrogen and oxygen atoms in total. The third kappa shape index (κ3) is 4.65. The molecule has 3 rings (SSSR count). The van der Waals surface area contributed by atoms with Crippen LogP contribution in [-0.2, 0) is 15.9 Å². The number of halogens is 2. The van der Waals surface area contributed by atoms with Crippen molar-refractivity contribution in [2.24, 2.45) is 11.8 Å². The average molecular weight is 383 g/mol. The number of aryl methyl sites for hydroxylation is 1. The molecule has 0 aromatic heterocycles. The number of benzene rings is 1. The standard InChI is InChI=1S/C19H24BrFO2/c1-13-2-3-15(10-19(13)21)8-14-4-5-16(18(20)9-14)11-23-17-6-7-22-12-17/h2-3,9-10,14,16-17H,4-8,11-12H2,1H3/t14-,16?,17?/m1/s1. The Morgan fingerprint density at radius 2 is 2.17 bits per heavy atom. The van der Waals surface area contributed by atoms with Crippen molar-refractivity contribution in [2.45, 2.75) is 38.7 Å². The highest BCUT2D eigenvalue weighted by Crippen LogP contribution is 2.34. The molecule has 0 bridgehead atoms. The summed E-state index contributed by atoms with van der Waals surface area (Å²) in [6, 6.07) is 5.58. The maximum absolute atomic E-state index is 13.7. The van der Waals surface area contributed by atoms with Gasteiger partial charge in [-0.15, -0.1) is 0 Å². The summed E-state index contributed by atoms with van der Waals surface area (Å²) in [5.41, 5.74) is 1.79. The lowest BCUT2D eigenvalue weighted by molar-refractivity contribution is 0.0262. The van der Waals surface area contributed by atoms with Crippen LogP contribution in [0.25, 0.3) is 0 Å². The molecule has 1 aromatic carbocycles. The molecule has 1 aliphatic carbocycles. The van der Waals surface area contributed by atoms with E-state index in [-0.39, 0.29) is 11.9 Å². The molecule has 126 valence electrons. The SMILES string of the molecule is Cc1ccc(C[C@@H]2C=C(Br)C(COC3CCOC3)CC2)cc1F. The largest absolute Gasteiger partial charge is 0.379 e. The van der Waals surface area contributed by atoms with Gasteiger partial charge in [0, 0.05) is 12.5 Å². The Bertz CT molecular complexity index is 566. The molecule has 2 unspecified atom stereocenters. The first kappa shape index (κ1) is 17.1. The van der Waals surface area contributed by atoms with Gasteiger partial charge in [0.05, 0.1) is 19.3 Å².